The van der Waals surface area contributed by atoms with Gasteiger partial charge in [0.15, 0.2) is 0 Å². The van der Waals surface area contributed by atoms with E-state index in [1.807, 2.05) is 0 Å². The van der Waals surface area contributed by atoms with E-state index in [4.69, 9.17) is 4.74 Å². The molecular weight excluding hydrogens is 377 g/mol. The molecule has 0 spiro atoms. The van der Waals surface area contributed by atoms with Crippen molar-refractivity contribution in [2.24, 2.45) is 0 Å². The average Bonchev–Trinajstić information content (AvgIpc) is 2.64. The number of benzene rings is 2. The van der Waals surface area contributed by atoms with Crippen LogP contribution in [0.3, 0.4) is 0 Å². The van der Waals surface area contributed by atoms with E-state index in [9.17, 15) is 27.6 Å². The number of carbonyl (C=O) groups is 3. The Bertz CT molecular complexity index is 881. The fraction of sp³-hybridized carbons (Fsp3) is 0.211. The molecule has 0 aliphatic rings. The molecule has 0 bridgehead atoms. The Morgan fingerprint density at radius 1 is 0.929 bits per heavy atom. The van der Waals surface area contributed by atoms with Crippen molar-refractivity contribution < 1.29 is 32.3 Å². The van der Waals surface area contributed by atoms with Crippen LogP contribution in [0, 0.1) is 0 Å². The van der Waals surface area contributed by atoms with Gasteiger partial charge in [0.05, 0.1) is 11.1 Å². The van der Waals surface area contributed by atoms with Crippen molar-refractivity contribution in [1.82, 2.24) is 10.6 Å². The first kappa shape index (κ1) is 20.9. The molecule has 0 heterocycles. The second-order valence-corrected chi connectivity index (χ2v) is 5.68. The third-order valence-corrected chi connectivity index (χ3v) is 3.53. The maximum atomic E-state index is 12.9. The van der Waals surface area contributed by atoms with Gasteiger partial charge in [0.1, 0.15) is 5.75 Å². The van der Waals surface area contributed by atoms with Crippen molar-refractivity contribution in [3.05, 3.63) is 65.2 Å². The minimum absolute atomic E-state index is 0.00342. The van der Waals surface area contributed by atoms with Crippen LogP contribution in [0.4, 0.5) is 13.2 Å². The lowest BCUT2D eigenvalue weighted by molar-refractivity contribution is -0.138. The maximum absolute atomic E-state index is 12.9. The molecule has 0 atom stereocenters. The van der Waals surface area contributed by atoms with E-state index in [1.165, 1.54) is 43.3 Å². The van der Waals surface area contributed by atoms with Gasteiger partial charge >= 0.3 is 12.1 Å². The van der Waals surface area contributed by atoms with Crippen LogP contribution in [0.15, 0.2) is 48.5 Å². The molecular formula is C19H17F3N2O4. The molecule has 148 valence electrons. The molecule has 0 radical (unpaired) electrons. The van der Waals surface area contributed by atoms with Gasteiger partial charge < -0.3 is 15.4 Å². The second-order valence-electron chi connectivity index (χ2n) is 5.68. The summed E-state index contributed by atoms with van der Waals surface area (Å²) in [6, 6.07) is 10.4. The lowest BCUT2D eigenvalue weighted by Gasteiger charge is -2.13. The third-order valence-electron chi connectivity index (χ3n) is 3.53. The van der Waals surface area contributed by atoms with Gasteiger partial charge in [-0.1, -0.05) is 18.2 Å². The summed E-state index contributed by atoms with van der Waals surface area (Å²) in [5.74, 6) is -1.70. The van der Waals surface area contributed by atoms with Crippen molar-refractivity contribution in [3.63, 3.8) is 0 Å². The molecule has 2 rings (SSSR count). The van der Waals surface area contributed by atoms with Gasteiger partial charge in [0, 0.05) is 25.6 Å². The van der Waals surface area contributed by atoms with Gasteiger partial charge in [-0.2, -0.15) is 13.2 Å². The van der Waals surface area contributed by atoms with E-state index >= 15 is 0 Å². The number of hydrogen-bond acceptors (Lipinski definition) is 4. The molecule has 2 N–H and O–H groups in total. The van der Waals surface area contributed by atoms with Crippen molar-refractivity contribution in [2.45, 2.75) is 13.1 Å². The molecule has 6 nitrogen and oxygen atoms in total. The SMILES string of the molecule is CC(=O)Oc1cccc(C(=O)NCCNC(=O)c2ccccc2C(F)(F)F)c1. The Morgan fingerprint density at radius 2 is 1.57 bits per heavy atom. The summed E-state index contributed by atoms with van der Waals surface area (Å²) in [6.45, 7) is 1.16. The van der Waals surface area contributed by atoms with Crippen LogP contribution < -0.4 is 15.4 Å². The number of amides is 2. The normalized spacial score (nSPS) is 10.9. The lowest BCUT2D eigenvalue weighted by atomic mass is 10.1. The highest BCUT2D eigenvalue weighted by Crippen LogP contribution is 2.31. The van der Waals surface area contributed by atoms with E-state index in [2.05, 4.69) is 10.6 Å². The number of nitrogens with one attached hydrogen (secondary N) is 2. The van der Waals surface area contributed by atoms with E-state index in [1.54, 1.807) is 0 Å². The van der Waals surface area contributed by atoms with E-state index in [0.29, 0.717) is 0 Å². The molecule has 0 aromatic heterocycles. The Labute approximate surface area is 158 Å². The number of ether oxygens (including phenoxy) is 1. The Hall–Kier alpha value is -3.36. The standard InChI is InChI=1S/C19H17F3N2O4/c1-12(25)28-14-6-4-5-13(11-14)17(26)23-9-10-24-18(27)15-7-2-3-8-16(15)19(20,21)22/h2-8,11H,9-10H2,1H3,(H,23,26)(H,24,27). The van der Waals surface area contributed by atoms with Crippen LogP contribution in [0.1, 0.15) is 33.2 Å². The Morgan fingerprint density at radius 3 is 2.21 bits per heavy atom. The first-order valence-corrected chi connectivity index (χ1v) is 8.19. The Kier molecular flexibility index (Phi) is 6.75. The summed E-state index contributed by atoms with van der Waals surface area (Å²) in [6.07, 6.45) is -4.64. The molecule has 0 saturated heterocycles. The lowest BCUT2D eigenvalue weighted by Crippen LogP contribution is -2.35. The number of alkyl halides is 3. The van der Waals surface area contributed by atoms with Crippen LogP contribution in [0.5, 0.6) is 5.75 Å². The zero-order valence-corrected chi connectivity index (χ0v) is 14.8. The average molecular weight is 394 g/mol. The molecule has 2 amide bonds. The topological polar surface area (TPSA) is 84.5 Å². The maximum Gasteiger partial charge on any atom is 0.417 e. The summed E-state index contributed by atoms with van der Waals surface area (Å²) in [5, 5.41) is 4.85. The van der Waals surface area contributed by atoms with Crippen molar-refractivity contribution in [2.75, 3.05) is 13.1 Å². The first-order chi connectivity index (χ1) is 13.2. The molecule has 2 aromatic rings. The molecule has 2 aromatic carbocycles. The molecule has 0 aliphatic heterocycles. The van der Waals surface area contributed by atoms with Crippen molar-refractivity contribution in [1.29, 1.82) is 0 Å². The third kappa shape index (κ3) is 5.83. The van der Waals surface area contributed by atoms with E-state index in [-0.39, 0.29) is 24.4 Å². The molecule has 9 heteroatoms. The first-order valence-electron chi connectivity index (χ1n) is 8.19. The molecule has 0 unspecified atom stereocenters. The van der Waals surface area contributed by atoms with Crippen molar-refractivity contribution in [3.8, 4) is 5.75 Å². The Balaban J connectivity index is 1.89. The predicted octanol–water partition coefficient (Wildman–Crippen LogP) is 2.79. The summed E-state index contributed by atoms with van der Waals surface area (Å²) in [7, 11) is 0. The molecule has 0 aliphatic carbocycles. The van der Waals surface area contributed by atoms with Gasteiger partial charge in [-0.3, -0.25) is 14.4 Å². The summed E-state index contributed by atoms with van der Waals surface area (Å²) in [5.41, 5.74) is -1.29. The van der Waals surface area contributed by atoms with Crippen LogP contribution in [0.2, 0.25) is 0 Å². The quantitative estimate of drug-likeness (QED) is 0.448. The van der Waals surface area contributed by atoms with Crippen LogP contribution in [-0.4, -0.2) is 30.9 Å². The second kappa shape index (κ2) is 9.03. The van der Waals surface area contributed by atoms with Gasteiger partial charge in [-0.05, 0) is 30.3 Å². The zero-order chi connectivity index (χ0) is 20.7. The van der Waals surface area contributed by atoms with E-state index < -0.39 is 35.1 Å². The number of carbonyl (C=O) groups excluding carboxylic acids is 3. The largest absolute Gasteiger partial charge is 0.427 e. The van der Waals surface area contributed by atoms with Crippen LogP contribution in [0.25, 0.3) is 0 Å². The van der Waals surface area contributed by atoms with Gasteiger partial charge in [-0.25, -0.2) is 0 Å². The summed E-state index contributed by atoms with van der Waals surface area (Å²) < 4.78 is 43.7. The van der Waals surface area contributed by atoms with Gasteiger partial charge in [0.25, 0.3) is 11.8 Å². The predicted molar refractivity (Wildman–Crippen MR) is 93.9 cm³/mol. The van der Waals surface area contributed by atoms with Gasteiger partial charge in [0.2, 0.25) is 0 Å². The minimum atomic E-state index is -4.64. The molecule has 0 fully saturated rings. The van der Waals surface area contributed by atoms with E-state index in [0.717, 1.165) is 12.1 Å². The summed E-state index contributed by atoms with van der Waals surface area (Å²) in [4.78, 5) is 35.0. The fourth-order valence-corrected chi connectivity index (χ4v) is 2.34. The molecule has 28 heavy (non-hydrogen) atoms. The smallest absolute Gasteiger partial charge is 0.417 e. The highest BCUT2D eigenvalue weighted by Gasteiger charge is 2.34. The number of esters is 1. The van der Waals surface area contributed by atoms with Gasteiger partial charge in [-0.15, -0.1) is 0 Å². The minimum Gasteiger partial charge on any atom is -0.427 e. The highest BCUT2D eigenvalue weighted by atomic mass is 19.4. The molecule has 0 saturated carbocycles. The number of halogens is 3. The summed E-state index contributed by atoms with van der Waals surface area (Å²) >= 11 is 0. The van der Waals surface area contributed by atoms with Crippen molar-refractivity contribution >= 4 is 17.8 Å². The zero-order valence-electron chi connectivity index (χ0n) is 14.8. The highest BCUT2D eigenvalue weighted by molar-refractivity contribution is 5.96. The number of hydrogen-bond donors (Lipinski definition) is 2. The van der Waals surface area contributed by atoms with Crippen LogP contribution in [-0.2, 0) is 11.0 Å². The monoisotopic (exact) mass is 394 g/mol. The number of rotatable bonds is 6. The fourth-order valence-electron chi connectivity index (χ4n) is 2.34. The van der Waals surface area contributed by atoms with Crippen LogP contribution >= 0.6 is 0 Å².